The largest absolute Gasteiger partial charge is 0.440 e. The van der Waals surface area contributed by atoms with Crippen molar-refractivity contribution in [2.75, 3.05) is 13.1 Å². The van der Waals surface area contributed by atoms with Crippen LogP contribution in [0.15, 0.2) is 16.5 Å². The second kappa shape index (κ2) is 4.17. The number of halogens is 1. The number of hydrogen-bond acceptors (Lipinski definition) is 3. The second-order valence-electron chi connectivity index (χ2n) is 3.57. The molecule has 0 aromatic carbocycles. The summed E-state index contributed by atoms with van der Waals surface area (Å²) in [7, 11) is 0. The van der Waals surface area contributed by atoms with E-state index in [1.807, 2.05) is 0 Å². The Morgan fingerprint density at radius 1 is 1.62 bits per heavy atom. The number of rotatable bonds is 1. The van der Waals surface area contributed by atoms with Crippen LogP contribution < -0.4 is 5.32 Å². The van der Waals surface area contributed by atoms with E-state index in [1.165, 1.54) is 17.0 Å². The van der Waals surface area contributed by atoms with Crippen molar-refractivity contribution in [3.63, 3.8) is 0 Å². The fourth-order valence-corrected chi connectivity index (χ4v) is 1.78. The van der Waals surface area contributed by atoms with E-state index < -0.39 is 6.04 Å². The molecule has 2 rings (SSSR count). The molecule has 0 bridgehead atoms. The third kappa shape index (κ3) is 1.90. The number of hydrogen-bond donors (Lipinski definition) is 1. The molecule has 1 atom stereocenters. The summed E-state index contributed by atoms with van der Waals surface area (Å²) in [5.74, 6) is -0.307. The fraction of sp³-hybridized carbons (Fsp3) is 0.400. The van der Waals surface area contributed by atoms with Gasteiger partial charge in [-0.1, -0.05) is 0 Å². The highest BCUT2D eigenvalue weighted by Gasteiger charge is 2.31. The summed E-state index contributed by atoms with van der Waals surface area (Å²) in [6, 6.07) is 2.53. The van der Waals surface area contributed by atoms with Crippen LogP contribution >= 0.6 is 11.6 Å². The zero-order valence-electron chi connectivity index (χ0n) is 8.70. The van der Waals surface area contributed by atoms with E-state index in [4.69, 9.17) is 16.0 Å². The van der Waals surface area contributed by atoms with Gasteiger partial charge in [-0.3, -0.25) is 9.59 Å². The maximum absolute atomic E-state index is 12.0. The second-order valence-corrected chi connectivity index (χ2v) is 3.94. The maximum Gasteiger partial charge on any atom is 0.290 e. The summed E-state index contributed by atoms with van der Waals surface area (Å²) in [6.45, 7) is 2.62. The smallest absolute Gasteiger partial charge is 0.290 e. The van der Waals surface area contributed by atoms with E-state index in [2.05, 4.69) is 5.32 Å². The Hall–Kier alpha value is -1.49. The van der Waals surface area contributed by atoms with Crippen molar-refractivity contribution >= 4 is 23.4 Å². The van der Waals surface area contributed by atoms with Crippen LogP contribution in [-0.4, -0.2) is 35.8 Å². The molecule has 6 heteroatoms. The number of carbonyl (C=O) groups is 2. The summed E-state index contributed by atoms with van der Waals surface area (Å²) in [5, 5.41) is 2.85. The Kier molecular flexibility index (Phi) is 2.87. The SMILES string of the molecule is CC1C(=O)NCCN1C(=O)c1ccc(Cl)o1. The van der Waals surface area contributed by atoms with Gasteiger partial charge in [0.25, 0.3) is 5.91 Å². The number of amides is 2. The van der Waals surface area contributed by atoms with Crippen LogP contribution in [0.3, 0.4) is 0 Å². The third-order valence-corrected chi connectivity index (χ3v) is 2.75. The molecular weight excluding hydrogens is 232 g/mol. The van der Waals surface area contributed by atoms with E-state index in [0.717, 1.165) is 0 Å². The van der Waals surface area contributed by atoms with Crippen LogP contribution in [-0.2, 0) is 4.79 Å². The minimum Gasteiger partial charge on any atom is -0.440 e. The fourth-order valence-electron chi connectivity index (χ4n) is 1.63. The average Bonchev–Trinajstić information content (AvgIpc) is 2.68. The minimum absolute atomic E-state index is 0.155. The van der Waals surface area contributed by atoms with Gasteiger partial charge >= 0.3 is 0 Å². The highest BCUT2D eigenvalue weighted by molar-refractivity contribution is 6.29. The van der Waals surface area contributed by atoms with Crippen LogP contribution in [0.4, 0.5) is 0 Å². The summed E-state index contributed by atoms with van der Waals surface area (Å²) in [4.78, 5) is 24.8. The Balaban J connectivity index is 2.18. The molecule has 1 aliphatic heterocycles. The predicted octanol–water partition coefficient (Wildman–Crippen LogP) is 0.893. The van der Waals surface area contributed by atoms with E-state index in [9.17, 15) is 9.59 Å². The minimum atomic E-state index is -0.481. The Morgan fingerprint density at radius 3 is 3.00 bits per heavy atom. The molecule has 1 fully saturated rings. The van der Waals surface area contributed by atoms with Gasteiger partial charge in [-0.25, -0.2) is 0 Å². The van der Waals surface area contributed by atoms with Crippen molar-refractivity contribution in [3.05, 3.63) is 23.1 Å². The lowest BCUT2D eigenvalue weighted by Crippen LogP contribution is -2.55. The molecule has 1 saturated heterocycles. The van der Waals surface area contributed by atoms with E-state index >= 15 is 0 Å². The van der Waals surface area contributed by atoms with E-state index in [-0.39, 0.29) is 22.8 Å². The van der Waals surface area contributed by atoms with Crippen molar-refractivity contribution in [1.82, 2.24) is 10.2 Å². The standard InChI is InChI=1S/C10H11ClN2O3/c1-6-9(14)12-4-5-13(6)10(15)7-2-3-8(11)16-7/h2-3,6H,4-5H2,1H3,(H,12,14). The van der Waals surface area contributed by atoms with Crippen LogP contribution in [0.5, 0.6) is 0 Å². The molecule has 5 nitrogen and oxygen atoms in total. The summed E-state index contributed by atoms with van der Waals surface area (Å²) < 4.78 is 5.02. The third-order valence-electron chi connectivity index (χ3n) is 2.54. The van der Waals surface area contributed by atoms with Gasteiger partial charge in [-0.15, -0.1) is 0 Å². The molecule has 0 saturated carbocycles. The number of nitrogens with zero attached hydrogens (tertiary/aromatic N) is 1. The van der Waals surface area contributed by atoms with Crippen LogP contribution in [0.2, 0.25) is 5.22 Å². The normalized spacial score (nSPS) is 20.8. The number of piperazine rings is 1. The molecule has 2 amide bonds. The van der Waals surface area contributed by atoms with Gasteiger partial charge in [0.05, 0.1) is 0 Å². The average molecular weight is 243 g/mol. The molecule has 1 unspecified atom stereocenters. The molecule has 2 heterocycles. The van der Waals surface area contributed by atoms with Crippen molar-refractivity contribution < 1.29 is 14.0 Å². The van der Waals surface area contributed by atoms with Crippen molar-refractivity contribution in [3.8, 4) is 0 Å². The first-order valence-electron chi connectivity index (χ1n) is 4.93. The number of nitrogens with one attached hydrogen (secondary N) is 1. The summed E-state index contributed by atoms with van der Waals surface area (Å²) >= 11 is 5.59. The quantitative estimate of drug-likeness (QED) is 0.796. The maximum atomic E-state index is 12.0. The Labute approximate surface area is 97.3 Å². The molecule has 16 heavy (non-hydrogen) atoms. The van der Waals surface area contributed by atoms with Crippen molar-refractivity contribution in [2.24, 2.45) is 0 Å². The first-order chi connectivity index (χ1) is 7.59. The lowest BCUT2D eigenvalue weighted by molar-refractivity contribution is -0.127. The molecule has 86 valence electrons. The van der Waals surface area contributed by atoms with Crippen LogP contribution in [0.1, 0.15) is 17.5 Å². The van der Waals surface area contributed by atoms with Crippen LogP contribution in [0, 0.1) is 0 Å². The topological polar surface area (TPSA) is 62.6 Å². The zero-order chi connectivity index (χ0) is 11.7. The lowest BCUT2D eigenvalue weighted by atomic mass is 10.2. The van der Waals surface area contributed by atoms with Gasteiger partial charge in [0, 0.05) is 13.1 Å². The Bertz CT molecular complexity index is 429. The van der Waals surface area contributed by atoms with Gasteiger partial charge in [0.2, 0.25) is 5.91 Å². The Morgan fingerprint density at radius 2 is 2.38 bits per heavy atom. The highest BCUT2D eigenvalue weighted by atomic mass is 35.5. The molecule has 1 aliphatic rings. The highest BCUT2D eigenvalue weighted by Crippen LogP contribution is 2.17. The van der Waals surface area contributed by atoms with E-state index in [0.29, 0.717) is 13.1 Å². The molecule has 0 spiro atoms. The first kappa shape index (κ1) is 11.0. The lowest BCUT2D eigenvalue weighted by Gasteiger charge is -2.32. The zero-order valence-corrected chi connectivity index (χ0v) is 9.45. The molecule has 1 N–H and O–H groups in total. The predicted molar refractivity (Wildman–Crippen MR) is 57.2 cm³/mol. The van der Waals surface area contributed by atoms with Gasteiger partial charge in [-0.05, 0) is 30.7 Å². The summed E-state index contributed by atoms with van der Waals surface area (Å²) in [5.41, 5.74) is 0. The number of carbonyl (C=O) groups excluding carboxylic acids is 2. The molecule has 0 aliphatic carbocycles. The van der Waals surface area contributed by atoms with Gasteiger partial charge in [-0.2, -0.15) is 0 Å². The first-order valence-corrected chi connectivity index (χ1v) is 5.31. The molecule has 1 aromatic rings. The van der Waals surface area contributed by atoms with Crippen LogP contribution in [0.25, 0.3) is 0 Å². The van der Waals surface area contributed by atoms with E-state index in [1.54, 1.807) is 6.92 Å². The van der Waals surface area contributed by atoms with Crippen molar-refractivity contribution in [2.45, 2.75) is 13.0 Å². The molecule has 0 radical (unpaired) electrons. The van der Waals surface area contributed by atoms with Crippen molar-refractivity contribution in [1.29, 1.82) is 0 Å². The molecule has 1 aromatic heterocycles. The van der Waals surface area contributed by atoms with Gasteiger partial charge in [0.1, 0.15) is 6.04 Å². The monoisotopic (exact) mass is 242 g/mol. The van der Waals surface area contributed by atoms with Gasteiger partial charge < -0.3 is 14.6 Å². The number of furan rings is 1. The summed E-state index contributed by atoms with van der Waals surface area (Å²) in [6.07, 6.45) is 0. The van der Waals surface area contributed by atoms with Gasteiger partial charge in [0.15, 0.2) is 11.0 Å². The molecular formula is C10H11ClN2O3.